The van der Waals surface area contributed by atoms with Crippen LogP contribution in [0.2, 0.25) is 0 Å². The quantitative estimate of drug-likeness (QED) is 0.255. The van der Waals surface area contributed by atoms with Crippen LogP contribution in [0.4, 0.5) is 0 Å². The monoisotopic (exact) mass is 416 g/mol. The van der Waals surface area contributed by atoms with Gasteiger partial charge in [0.15, 0.2) is 0 Å². The van der Waals surface area contributed by atoms with Crippen LogP contribution >= 0.6 is 0 Å². The van der Waals surface area contributed by atoms with Crippen LogP contribution in [0.1, 0.15) is 39.2 Å². The Morgan fingerprint density at radius 2 is 1.28 bits per heavy atom. The standard InChI is InChI=1S/C23H16.C7H10.C2H6/c1-15-8-10-16(11-9-15)18-12-13-19-20-6-2-4-17-5-3-7-21(23(17)20)22(19)14-18;1-7-5-3-2-4-6-7;1-2/h2-14H,1H3;2-3,5H,4,6H2,1H3;1-2H3. The van der Waals surface area contributed by atoms with Gasteiger partial charge in [0.25, 0.3) is 0 Å². The van der Waals surface area contributed by atoms with Crippen LogP contribution in [0, 0.1) is 6.92 Å². The van der Waals surface area contributed by atoms with Gasteiger partial charge in [0.05, 0.1) is 0 Å². The summed E-state index contributed by atoms with van der Waals surface area (Å²) in [4.78, 5) is 0. The molecule has 0 N–H and O–H groups in total. The number of fused-ring (bicyclic) bond motifs is 3. The van der Waals surface area contributed by atoms with Gasteiger partial charge >= 0.3 is 0 Å². The first-order valence-corrected chi connectivity index (χ1v) is 11.8. The van der Waals surface area contributed by atoms with Gasteiger partial charge in [0.1, 0.15) is 0 Å². The molecule has 0 spiro atoms. The van der Waals surface area contributed by atoms with E-state index < -0.39 is 0 Å². The zero-order valence-corrected chi connectivity index (χ0v) is 19.7. The molecule has 2 aliphatic rings. The Bertz CT molecular complexity index is 1280. The van der Waals surface area contributed by atoms with Gasteiger partial charge in [-0.1, -0.05) is 116 Å². The van der Waals surface area contributed by atoms with E-state index >= 15 is 0 Å². The van der Waals surface area contributed by atoms with E-state index in [-0.39, 0.29) is 0 Å². The molecule has 0 radical (unpaired) electrons. The summed E-state index contributed by atoms with van der Waals surface area (Å²) in [7, 11) is 0. The van der Waals surface area contributed by atoms with Crippen LogP contribution in [0.25, 0.3) is 44.2 Å². The molecule has 0 amide bonds. The van der Waals surface area contributed by atoms with Gasteiger partial charge in [-0.05, 0) is 76.9 Å². The highest BCUT2D eigenvalue weighted by Crippen LogP contribution is 2.48. The molecule has 2 aliphatic carbocycles. The summed E-state index contributed by atoms with van der Waals surface area (Å²) in [6.45, 7) is 8.30. The molecule has 4 aromatic rings. The fourth-order valence-electron chi connectivity index (χ4n) is 4.44. The number of hydrogen-bond acceptors (Lipinski definition) is 0. The van der Waals surface area contributed by atoms with E-state index in [0.717, 1.165) is 0 Å². The van der Waals surface area contributed by atoms with Crippen LogP contribution < -0.4 is 0 Å². The summed E-state index contributed by atoms with van der Waals surface area (Å²) in [5, 5.41) is 2.72. The third-order valence-corrected chi connectivity index (χ3v) is 6.11. The maximum absolute atomic E-state index is 2.34. The largest absolute Gasteiger partial charge is 0.0842 e. The van der Waals surface area contributed by atoms with Crippen LogP contribution in [0.15, 0.2) is 103 Å². The van der Waals surface area contributed by atoms with E-state index in [1.807, 2.05) is 13.8 Å². The number of benzene rings is 4. The van der Waals surface area contributed by atoms with Crippen molar-refractivity contribution in [1.29, 1.82) is 0 Å². The second kappa shape index (κ2) is 9.83. The molecular weight excluding hydrogens is 384 g/mol. The summed E-state index contributed by atoms with van der Waals surface area (Å²) in [6, 6.07) is 28.8. The van der Waals surface area contributed by atoms with Gasteiger partial charge in [0, 0.05) is 0 Å². The van der Waals surface area contributed by atoms with Crippen molar-refractivity contribution in [2.24, 2.45) is 0 Å². The van der Waals surface area contributed by atoms with Crippen molar-refractivity contribution in [2.45, 2.75) is 40.5 Å². The van der Waals surface area contributed by atoms with Gasteiger partial charge < -0.3 is 0 Å². The van der Waals surface area contributed by atoms with Gasteiger partial charge in [0.2, 0.25) is 0 Å². The average molecular weight is 417 g/mol. The van der Waals surface area contributed by atoms with E-state index in [2.05, 4.69) is 111 Å². The second-order valence-electron chi connectivity index (χ2n) is 8.32. The summed E-state index contributed by atoms with van der Waals surface area (Å²) in [5.74, 6) is 0. The molecule has 4 aromatic carbocycles. The Kier molecular flexibility index (Phi) is 6.71. The Morgan fingerprint density at radius 1 is 0.625 bits per heavy atom. The Balaban J connectivity index is 0.000000232. The summed E-state index contributed by atoms with van der Waals surface area (Å²) < 4.78 is 0. The van der Waals surface area contributed by atoms with Crippen LogP contribution in [-0.2, 0) is 0 Å². The van der Waals surface area contributed by atoms with Crippen molar-refractivity contribution in [2.75, 3.05) is 0 Å². The molecule has 0 aliphatic heterocycles. The molecule has 0 heterocycles. The first-order chi connectivity index (χ1) is 15.7. The lowest BCUT2D eigenvalue weighted by atomic mass is 9.97. The van der Waals surface area contributed by atoms with Crippen molar-refractivity contribution in [3.05, 3.63) is 108 Å². The predicted octanol–water partition coefficient (Wildman–Crippen LogP) is 9.77. The predicted molar refractivity (Wildman–Crippen MR) is 142 cm³/mol. The van der Waals surface area contributed by atoms with E-state index in [9.17, 15) is 0 Å². The molecular formula is C32H32. The number of rotatable bonds is 1. The van der Waals surface area contributed by atoms with Gasteiger partial charge in [-0.3, -0.25) is 0 Å². The SMILES string of the molecule is CC.CC1=CC=CCC1.Cc1ccc(-c2ccc3c(c2)-c2cccc4cccc-3c24)cc1. The molecule has 0 bridgehead atoms. The van der Waals surface area contributed by atoms with E-state index in [4.69, 9.17) is 0 Å². The van der Waals surface area contributed by atoms with Crippen LogP contribution in [0.5, 0.6) is 0 Å². The lowest BCUT2D eigenvalue weighted by Crippen LogP contribution is -1.82. The molecule has 0 fully saturated rings. The first kappa shape index (κ1) is 21.8. The first-order valence-electron chi connectivity index (χ1n) is 11.8. The van der Waals surface area contributed by atoms with Crippen LogP contribution in [-0.4, -0.2) is 0 Å². The van der Waals surface area contributed by atoms with Crippen molar-refractivity contribution in [3.8, 4) is 33.4 Å². The maximum atomic E-state index is 2.34. The summed E-state index contributed by atoms with van der Waals surface area (Å²) in [5.41, 5.74) is 10.8. The third-order valence-electron chi connectivity index (χ3n) is 6.11. The zero-order valence-electron chi connectivity index (χ0n) is 19.7. The Labute approximate surface area is 192 Å². The van der Waals surface area contributed by atoms with Crippen molar-refractivity contribution >= 4 is 10.8 Å². The van der Waals surface area contributed by atoms with Crippen molar-refractivity contribution < 1.29 is 0 Å². The van der Waals surface area contributed by atoms with E-state index in [1.54, 1.807) is 0 Å². The normalized spacial score (nSPS) is 12.8. The highest BCUT2D eigenvalue weighted by molar-refractivity contribution is 6.15. The van der Waals surface area contributed by atoms with E-state index in [0.29, 0.717) is 0 Å². The molecule has 32 heavy (non-hydrogen) atoms. The second-order valence-corrected chi connectivity index (χ2v) is 8.32. The van der Waals surface area contributed by atoms with Gasteiger partial charge in [-0.15, -0.1) is 0 Å². The molecule has 160 valence electrons. The minimum atomic E-state index is 1.24. The number of hydrogen-bond donors (Lipinski definition) is 0. The molecule has 0 aromatic heterocycles. The van der Waals surface area contributed by atoms with E-state index in [1.165, 1.54) is 68.1 Å². The number of allylic oxidation sites excluding steroid dienone is 4. The number of aryl methyl sites for hydroxylation is 1. The fraction of sp³-hybridized carbons (Fsp3) is 0.188. The molecule has 6 rings (SSSR count). The molecule has 0 atom stereocenters. The topological polar surface area (TPSA) is 0 Å². The molecule has 0 saturated carbocycles. The van der Waals surface area contributed by atoms with Gasteiger partial charge in [-0.25, -0.2) is 0 Å². The molecule has 0 nitrogen and oxygen atoms in total. The van der Waals surface area contributed by atoms with Gasteiger partial charge in [-0.2, -0.15) is 0 Å². The maximum Gasteiger partial charge on any atom is -0.00264 e. The minimum Gasteiger partial charge on any atom is -0.0842 e. The summed E-state index contributed by atoms with van der Waals surface area (Å²) in [6.07, 6.45) is 8.99. The highest BCUT2D eigenvalue weighted by atomic mass is 14.2. The minimum absolute atomic E-state index is 1.24. The Morgan fingerprint density at radius 3 is 1.88 bits per heavy atom. The van der Waals surface area contributed by atoms with Crippen LogP contribution in [0.3, 0.4) is 0 Å². The molecule has 0 saturated heterocycles. The smallest absolute Gasteiger partial charge is 0.00264 e. The average Bonchev–Trinajstić information content (AvgIpc) is 3.17. The summed E-state index contributed by atoms with van der Waals surface area (Å²) >= 11 is 0. The fourth-order valence-corrected chi connectivity index (χ4v) is 4.44. The zero-order chi connectivity index (χ0) is 22.5. The molecule has 0 unspecified atom stereocenters. The lowest BCUT2D eigenvalue weighted by molar-refractivity contribution is 0.962. The van der Waals surface area contributed by atoms with Crippen molar-refractivity contribution in [3.63, 3.8) is 0 Å². The van der Waals surface area contributed by atoms with Crippen molar-refractivity contribution in [1.82, 2.24) is 0 Å². The third kappa shape index (κ3) is 4.32. The Hall–Kier alpha value is -3.38. The lowest BCUT2D eigenvalue weighted by Gasteiger charge is -2.07. The molecule has 0 heteroatoms. The highest BCUT2D eigenvalue weighted by Gasteiger charge is 2.21.